The second kappa shape index (κ2) is 8.46. The molecule has 0 aromatic rings. The van der Waals surface area contributed by atoms with Gasteiger partial charge in [-0.05, 0) is 56.3 Å². The standard InChI is InChI=1S/C27H35FO7/c1-5-6-7-23(33)35-20-12-18-17-10-15(2)27(34,22(32)14-29)25(17,4)13-21(31)26(18,28)24(3)9-8-16(30)11-19(20)24/h8-9,11-12,15,17-18,21,29,31,34H,5-7,10,13-14H2,1-4H3/t15-,17-,18-,21-,24-,25-,26-,27-/m0/s1. The zero-order chi connectivity index (χ0) is 26.0. The maximum Gasteiger partial charge on any atom is 0.311 e. The highest BCUT2D eigenvalue weighted by Crippen LogP contribution is 2.70. The monoisotopic (exact) mass is 490 g/mol. The summed E-state index contributed by atoms with van der Waals surface area (Å²) in [5.74, 6) is -3.76. The molecule has 2 saturated carbocycles. The van der Waals surface area contributed by atoms with Crippen molar-refractivity contribution in [3.8, 4) is 0 Å². The molecule has 0 aromatic heterocycles. The summed E-state index contributed by atoms with van der Waals surface area (Å²) in [5, 5.41) is 32.6. The normalized spacial score (nSPS) is 44.1. The van der Waals surface area contributed by atoms with Gasteiger partial charge in [-0.25, -0.2) is 4.39 Å². The molecule has 0 aliphatic heterocycles. The van der Waals surface area contributed by atoms with Crippen molar-refractivity contribution in [3.05, 3.63) is 35.6 Å². The van der Waals surface area contributed by atoms with E-state index < -0.39 is 64.3 Å². The second-order valence-corrected chi connectivity index (χ2v) is 11.1. The Morgan fingerprint density at radius 1 is 1.29 bits per heavy atom. The zero-order valence-corrected chi connectivity index (χ0v) is 20.7. The number of carbonyl (C=O) groups excluding carboxylic acids is 3. The number of alkyl halides is 1. The smallest absolute Gasteiger partial charge is 0.311 e. The van der Waals surface area contributed by atoms with E-state index in [1.54, 1.807) is 20.8 Å². The van der Waals surface area contributed by atoms with Gasteiger partial charge in [-0.3, -0.25) is 14.4 Å². The molecule has 8 atom stereocenters. The molecule has 0 heterocycles. The van der Waals surface area contributed by atoms with Crippen molar-refractivity contribution in [2.45, 2.75) is 77.2 Å². The van der Waals surface area contributed by atoms with Crippen LogP contribution in [0.4, 0.5) is 4.39 Å². The molecule has 0 unspecified atom stereocenters. The Labute approximate surface area is 204 Å². The Hall–Kier alpha value is -2.16. The summed E-state index contributed by atoms with van der Waals surface area (Å²) in [6, 6.07) is 0. The van der Waals surface area contributed by atoms with Gasteiger partial charge in [-0.1, -0.05) is 33.3 Å². The number of hydrogen-bond donors (Lipinski definition) is 3. The van der Waals surface area contributed by atoms with Gasteiger partial charge in [-0.15, -0.1) is 0 Å². The Kier molecular flexibility index (Phi) is 6.26. The number of ketones is 2. The summed E-state index contributed by atoms with van der Waals surface area (Å²) >= 11 is 0. The van der Waals surface area contributed by atoms with Crippen LogP contribution in [0.25, 0.3) is 0 Å². The molecule has 0 saturated heterocycles. The first kappa shape index (κ1) is 25.9. The molecular formula is C27H35FO7. The van der Waals surface area contributed by atoms with E-state index in [-0.39, 0.29) is 36.4 Å². The number of halogens is 1. The van der Waals surface area contributed by atoms with Gasteiger partial charge in [0.15, 0.2) is 17.2 Å². The summed E-state index contributed by atoms with van der Waals surface area (Å²) in [6.45, 7) is 6.00. The Morgan fingerprint density at radius 3 is 2.60 bits per heavy atom. The highest BCUT2D eigenvalue weighted by Gasteiger charge is 2.75. The number of unbranched alkanes of at least 4 members (excludes halogenated alkanes) is 1. The summed E-state index contributed by atoms with van der Waals surface area (Å²) in [7, 11) is 0. The van der Waals surface area contributed by atoms with Crippen molar-refractivity contribution in [3.63, 3.8) is 0 Å². The van der Waals surface area contributed by atoms with Crippen LogP contribution >= 0.6 is 0 Å². The summed E-state index contributed by atoms with van der Waals surface area (Å²) < 4.78 is 23.1. The van der Waals surface area contributed by atoms with Gasteiger partial charge in [0.25, 0.3) is 0 Å². The first-order valence-corrected chi connectivity index (χ1v) is 12.4. The predicted octanol–water partition coefficient (Wildman–Crippen LogP) is 2.73. The molecule has 0 radical (unpaired) electrons. The maximum absolute atomic E-state index is 17.4. The number of hydrogen-bond acceptors (Lipinski definition) is 7. The molecule has 4 aliphatic rings. The Bertz CT molecular complexity index is 1050. The highest BCUT2D eigenvalue weighted by atomic mass is 19.1. The van der Waals surface area contributed by atoms with Crippen LogP contribution in [0, 0.1) is 28.6 Å². The SMILES string of the molecule is CCCCC(=O)OC1=C[C@H]2[C@@H]3C[C@H](C)[C@](O)(C(=O)CO)[C@@]3(C)C[C@H](O)[C@]2(F)[C@@]2(C)C=CC(=O)C=C12. The van der Waals surface area contributed by atoms with Crippen LogP contribution in [0.5, 0.6) is 0 Å². The molecule has 8 heteroatoms. The molecular weight excluding hydrogens is 455 g/mol. The van der Waals surface area contributed by atoms with Crippen LogP contribution in [0.1, 0.15) is 59.8 Å². The van der Waals surface area contributed by atoms with Gasteiger partial charge < -0.3 is 20.1 Å². The second-order valence-electron chi connectivity index (χ2n) is 11.1. The van der Waals surface area contributed by atoms with Crippen molar-refractivity contribution >= 4 is 17.5 Å². The van der Waals surface area contributed by atoms with E-state index in [0.29, 0.717) is 6.42 Å². The van der Waals surface area contributed by atoms with Crippen molar-refractivity contribution in [1.82, 2.24) is 0 Å². The number of Topliss-reactive ketones (excluding diaryl/α,β-unsaturated/α-hetero) is 1. The lowest BCUT2D eigenvalue weighted by Crippen LogP contribution is -2.69. The van der Waals surface area contributed by atoms with Gasteiger partial charge in [0, 0.05) is 23.3 Å². The molecule has 0 spiro atoms. The molecule has 0 amide bonds. The molecule has 35 heavy (non-hydrogen) atoms. The minimum absolute atomic E-state index is 0.0811. The number of ether oxygens (including phenoxy) is 1. The summed E-state index contributed by atoms with van der Waals surface area (Å²) in [5.41, 5.74) is -6.75. The minimum Gasteiger partial charge on any atom is -0.427 e. The fourth-order valence-corrected chi connectivity index (χ4v) is 7.39. The van der Waals surface area contributed by atoms with Crippen LogP contribution in [-0.4, -0.2) is 56.8 Å². The van der Waals surface area contributed by atoms with Crippen molar-refractivity contribution in [2.24, 2.45) is 28.6 Å². The third-order valence-corrected chi connectivity index (χ3v) is 9.38. The zero-order valence-electron chi connectivity index (χ0n) is 20.7. The third-order valence-electron chi connectivity index (χ3n) is 9.38. The van der Waals surface area contributed by atoms with Crippen LogP contribution < -0.4 is 0 Å². The van der Waals surface area contributed by atoms with Crippen LogP contribution in [0.15, 0.2) is 35.6 Å². The number of aliphatic hydroxyl groups is 3. The molecule has 2 fully saturated rings. The maximum atomic E-state index is 17.4. The fraction of sp³-hybridized carbons (Fsp3) is 0.667. The molecule has 4 aliphatic carbocycles. The average molecular weight is 491 g/mol. The van der Waals surface area contributed by atoms with Crippen LogP contribution in [-0.2, 0) is 19.1 Å². The van der Waals surface area contributed by atoms with E-state index in [9.17, 15) is 29.7 Å². The summed E-state index contributed by atoms with van der Waals surface area (Å²) in [4.78, 5) is 37.6. The minimum atomic E-state index is -2.28. The fourth-order valence-electron chi connectivity index (χ4n) is 7.39. The van der Waals surface area contributed by atoms with E-state index >= 15 is 4.39 Å². The van der Waals surface area contributed by atoms with Gasteiger partial charge >= 0.3 is 5.97 Å². The molecule has 0 aromatic carbocycles. The molecule has 7 nitrogen and oxygen atoms in total. The van der Waals surface area contributed by atoms with E-state index in [4.69, 9.17) is 4.74 Å². The van der Waals surface area contributed by atoms with Gasteiger partial charge in [0.1, 0.15) is 18.0 Å². The van der Waals surface area contributed by atoms with Gasteiger partial charge in [0.05, 0.1) is 11.5 Å². The highest BCUT2D eigenvalue weighted by molar-refractivity contribution is 6.02. The number of allylic oxidation sites excluding steroid dienone is 5. The largest absolute Gasteiger partial charge is 0.427 e. The van der Waals surface area contributed by atoms with Crippen molar-refractivity contribution in [1.29, 1.82) is 0 Å². The first-order chi connectivity index (χ1) is 16.3. The summed E-state index contributed by atoms with van der Waals surface area (Å²) in [6.07, 6.45) is 5.44. The van der Waals surface area contributed by atoms with E-state index in [2.05, 4.69) is 0 Å². The lowest BCUT2D eigenvalue weighted by molar-refractivity contribution is -0.206. The van der Waals surface area contributed by atoms with Crippen LogP contribution in [0.2, 0.25) is 0 Å². The van der Waals surface area contributed by atoms with Gasteiger partial charge in [0.2, 0.25) is 0 Å². The third kappa shape index (κ3) is 3.29. The average Bonchev–Trinajstić information content (AvgIpc) is 3.01. The van der Waals surface area contributed by atoms with E-state index in [1.807, 2.05) is 6.92 Å². The number of fused-ring (bicyclic) bond motifs is 5. The van der Waals surface area contributed by atoms with Crippen LogP contribution in [0.3, 0.4) is 0 Å². The first-order valence-electron chi connectivity index (χ1n) is 12.4. The lowest BCUT2D eigenvalue weighted by atomic mass is 9.46. The number of carbonyl (C=O) groups is 3. The molecule has 0 bridgehead atoms. The molecule has 3 N–H and O–H groups in total. The van der Waals surface area contributed by atoms with Gasteiger partial charge in [-0.2, -0.15) is 0 Å². The van der Waals surface area contributed by atoms with E-state index in [1.165, 1.54) is 24.3 Å². The quantitative estimate of drug-likeness (QED) is 0.490. The topological polar surface area (TPSA) is 121 Å². The van der Waals surface area contributed by atoms with Crippen molar-refractivity contribution < 1.29 is 38.8 Å². The predicted molar refractivity (Wildman–Crippen MR) is 124 cm³/mol. The Morgan fingerprint density at radius 2 is 1.97 bits per heavy atom. The molecule has 4 rings (SSSR count). The number of rotatable bonds is 6. The lowest BCUT2D eigenvalue weighted by Gasteiger charge is -2.61. The van der Waals surface area contributed by atoms with Crippen molar-refractivity contribution in [2.75, 3.05) is 6.61 Å². The van der Waals surface area contributed by atoms with E-state index in [0.717, 1.165) is 6.42 Å². The Balaban J connectivity index is 1.89. The molecule has 192 valence electrons. The number of aliphatic hydroxyl groups excluding tert-OH is 2. The number of esters is 1.